The Morgan fingerprint density at radius 3 is 2.50 bits per heavy atom. The van der Waals surface area contributed by atoms with Gasteiger partial charge in [0, 0.05) is 43.1 Å². The molecule has 0 bridgehead atoms. The van der Waals surface area contributed by atoms with Crippen molar-refractivity contribution in [2.75, 3.05) is 23.8 Å². The van der Waals surface area contributed by atoms with Gasteiger partial charge in [0.2, 0.25) is 0 Å². The SMILES string of the molecule is CCOc1cc2c(cc1N)C(C)=CC(C)(C)N2CCCC(=O)ON1C(=O)CCC1=O. The molecule has 8 heteroatoms. The number of amides is 2. The second kappa shape index (κ2) is 8.38. The van der Waals surface area contributed by atoms with Gasteiger partial charge in [-0.25, -0.2) is 4.79 Å². The summed E-state index contributed by atoms with van der Waals surface area (Å²) in [4.78, 5) is 42.5. The Kier molecular flexibility index (Phi) is 6.05. The Morgan fingerprint density at radius 1 is 1.20 bits per heavy atom. The highest BCUT2D eigenvalue weighted by molar-refractivity contribution is 6.01. The number of nitrogen functional groups attached to an aromatic ring is 1. The van der Waals surface area contributed by atoms with Gasteiger partial charge in [-0.15, -0.1) is 5.06 Å². The normalized spacial score (nSPS) is 17.7. The van der Waals surface area contributed by atoms with E-state index in [9.17, 15) is 14.4 Å². The van der Waals surface area contributed by atoms with Crippen molar-refractivity contribution in [3.05, 3.63) is 23.8 Å². The lowest BCUT2D eigenvalue weighted by atomic mass is 9.88. The largest absolute Gasteiger partial charge is 0.492 e. The zero-order valence-electron chi connectivity index (χ0n) is 18.0. The lowest BCUT2D eigenvalue weighted by Gasteiger charge is -2.43. The van der Waals surface area contributed by atoms with Crippen molar-refractivity contribution >= 4 is 34.7 Å². The van der Waals surface area contributed by atoms with E-state index < -0.39 is 17.8 Å². The number of hydrogen-bond acceptors (Lipinski definition) is 7. The molecule has 30 heavy (non-hydrogen) atoms. The predicted octanol–water partition coefficient (Wildman–Crippen LogP) is 3.06. The topological polar surface area (TPSA) is 102 Å². The molecule has 0 unspecified atom stereocenters. The number of hydroxylamine groups is 2. The molecule has 8 nitrogen and oxygen atoms in total. The van der Waals surface area contributed by atoms with Crippen molar-refractivity contribution in [1.29, 1.82) is 0 Å². The van der Waals surface area contributed by atoms with Crippen LogP contribution < -0.4 is 15.4 Å². The van der Waals surface area contributed by atoms with Gasteiger partial charge in [-0.2, -0.15) is 0 Å². The smallest absolute Gasteiger partial charge is 0.333 e. The number of anilines is 2. The molecule has 3 rings (SSSR count). The van der Waals surface area contributed by atoms with Crippen molar-refractivity contribution in [2.45, 2.75) is 58.9 Å². The predicted molar refractivity (Wildman–Crippen MR) is 114 cm³/mol. The summed E-state index contributed by atoms with van der Waals surface area (Å²) in [5.74, 6) is -0.896. The zero-order chi connectivity index (χ0) is 22.1. The lowest BCUT2D eigenvalue weighted by Crippen LogP contribution is -2.45. The van der Waals surface area contributed by atoms with E-state index in [1.165, 1.54) is 0 Å². The fourth-order valence-corrected chi connectivity index (χ4v) is 4.00. The zero-order valence-corrected chi connectivity index (χ0v) is 18.0. The van der Waals surface area contributed by atoms with Crippen LogP contribution in [0.25, 0.3) is 5.57 Å². The number of hydrogen-bond donors (Lipinski definition) is 1. The molecule has 2 amide bonds. The second-order valence-corrected chi connectivity index (χ2v) is 8.12. The molecule has 2 heterocycles. The molecule has 2 N–H and O–H groups in total. The Labute approximate surface area is 176 Å². The molecule has 2 aliphatic heterocycles. The van der Waals surface area contributed by atoms with E-state index in [-0.39, 0.29) is 24.8 Å². The first-order valence-electron chi connectivity index (χ1n) is 10.2. The van der Waals surface area contributed by atoms with Gasteiger partial charge in [0.25, 0.3) is 11.8 Å². The number of imide groups is 1. The quantitative estimate of drug-likeness (QED) is 0.539. The van der Waals surface area contributed by atoms with Crippen LogP contribution in [-0.2, 0) is 19.2 Å². The number of carbonyl (C=O) groups excluding carboxylic acids is 3. The van der Waals surface area contributed by atoms with Gasteiger partial charge < -0.3 is 20.2 Å². The van der Waals surface area contributed by atoms with E-state index in [2.05, 4.69) is 31.7 Å². The number of nitrogens with two attached hydrogens (primary N) is 1. The van der Waals surface area contributed by atoms with Crippen LogP contribution >= 0.6 is 0 Å². The Morgan fingerprint density at radius 2 is 1.87 bits per heavy atom. The third kappa shape index (κ3) is 4.27. The van der Waals surface area contributed by atoms with Gasteiger partial charge in [-0.3, -0.25) is 9.59 Å². The van der Waals surface area contributed by atoms with Crippen LogP contribution in [0.4, 0.5) is 11.4 Å². The van der Waals surface area contributed by atoms with Crippen LogP contribution in [0.2, 0.25) is 0 Å². The number of nitrogens with zero attached hydrogens (tertiary/aromatic N) is 2. The molecule has 1 fully saturated rings. The maximum Gasteiger partial charge on any atom is 0.333 e. The van der Waals surface area contributed by atoms with Crippen LogP contribution in [0.1, 0.15) is 58.9 Å². The standard InChI is InChI=1S/C22H29N3O5/c1-5-29-18-12-17-15(11-16(18)23)14(2)13-22(3,4)24(17)10-6-7-21(28)30-25-19(26)8-9-20(25)27/h11-13H,5-10,23H2,1-4H3. The van der Waals surface area contributed by atoms with Crippen LogP contribution in [0, 0.1) is 0 Å². The maximum absolute atomic E-state index is 12.1. The molecular weight excluding hydrogens is 386 g/mol. The van der Waals surface area contributed by atoms with Crippen molar-refractivity contribution in [1.82, 2.24) is 5.06 Å². The van der Waals surface area contributed by atoms with Crippen molar-refractivity contribution in [3.63, 3.8) is 0 Å². The molecule has 0 saturated carbocycles. The van der Waals surface area contributed by atoms with Crippen LogP contribution in [-0.4, -0.2) is 41.5 Å². The van der Waals surface area contributed by atoms with Gasteiger partial charge in [-0.1, -0.05) is 6.08 Å². The summed E-state index contributed by atoms with van der Waals surface area (Å²) in [5, 5.41) is 0.589. The summed E-state index contributed by atoms with van der Waals surface area (Å²) in [7, 11) is 0. The maximum atomic E-state index is 12.1. The van der Waals surface area contributed by atoms with Crippen molar-refractivity contribution in [3.8, 4) is 5.75 Å². The van der Waals surface area contributed by atoms with E-state index in [0.29, 0.717) is 36.1 Å². The second-order valence-electron chi connectivity index (χ2n) is 8.12. The van der Waals surface area contributed by atoms with Gasteiger partial charge in [0.15, 0.2) is 0 Å². The summed E-state index contributed by atoms with van der Waals surface area (Å²) in [6, 6.07) is 3.87. The summed E-state index contributed by atoms with van der Waals surface area (Å²) in [6.45, 7) is 9.27. The number of fused-ring (bicyclic) bond motifs is 1. The van der Waals surface area contributed by atoms with Crippen molar-refractivity contribution in [2.24, 2.45) is 0 Å². The molecule has 1 aromatic carbocycles. The average molecular weight is 415 g/mol. The first-order valence-corrected chi connectivity index (χ1v) is 10.2. The molecule has 0 aliphatic carbocycles. The van der Waals surface area contributed by atoms with E-state index >= 15 is 0 Å². The van der Waals surface area contributed by atoms with E-state index in [4.69, 9.17) is 15.3 Å². The van der Waals surface area contributed by atoms with E-state index in [1.54, 1.807) is 0 Å². The first kappa shape index (κ1) is 21.7. The third-order valence-corrected chi connectivity index (χ3v) is 5.37. The summed E-state index contributed by atoms with van der Waals surface area (Å²) in [6.07, 6.45) is 2.94. The van der Waals surface area contributed by atoms with Gasteiger partial charge >= 0.3 is 5.97 Å². The third-order valence-electron chi connectivity index (χ3n) is 5.37. The molecule has 0 aromatic heterocycles. The lowest BCUT2D eigenvalue weighted by molar-refractivity contribution is -0.197. The summed E-state index contributed by atoms with van der Waals surface area (Å²) >= 11 is 0. The number of benzene rings is 1. The average Bonchev–Trinajstić information content (AvgIpc) is 2.97. The molecule has 1 saturated heterocycles. The summed E-state index contributed by atoms with van der Waals surface area (Å²) < 4.78 is 5.68. The first-order chi connectivity index (χ1) is 14.1. The highest BCUT2D eigenvalue weighted by atomic mass is 16.7. The molecular formula is C22H29N3O5. The van der Waals surface area contributed by atoms with Gasteiger partial charge in [0.1, 0.15) is 5.75 Å². The molecule has 2 aliphatic rings. The summed E-state index contributed by atoms with van der Waals surface area (Å²) in [5.41, 5.74) is 9.63. The fourth-order valence-electron chi connectivity index (χ4n) is 4.00. The molecule has 0 radical (unpaired) electrons. The fraction of sp³-hybridized carbons (Fsp3) is 0.500. The van der Waals surface area contributed by atoms with Crippen LogP contribution in [0.5, 0.6) is 5.75 Å². The van der Waals surface area contributed by atoms with Gasteiger partial charge in [-0.05, 0) is 45.8 Å². The van der Waals surface area contributed by atoms with Crippen molar-refractivity contribution < 1.29 is 24.0 Å². The highest BCUT2D eigenvalue weighted by Gasteiger charge is 2.34. The number of carbonyl (C=O) groups is 3. The minimum absolute atomic E-state index is 0.0852. The minimum Gasteiger partial charge on any atom is -0.492 e. The van der Waals surface area contributed by atoms with Crippen LogP contribution in [0.3, 0.4) is 0 Å². The van der Waals surface area contributed by atoms with Gasteiger partial charge in [0.05, 0.1) is 17.8 Å². The monoisotopic (exact) mass is 415 g/mol. The number of allylic oxidation sites excluding steroid dienone is 1. The minimum atomic E-state index is -0.590. The molecule has 1 aromatic rings. The number of ether oxygens (including phenoxy) is 1. The highest BCUT2D eigenvalue weighted by Crippen LogP contribution is 2.43. The van der Waals surface area contributed by atoms with Crippen LogP contribution in [0.15, 0.2) is 18.2 Å². The Hall–Kier alpha value is -3.03. The molecule has 0 atom stereocenters. The number of rotatable bonds is 7. The Bertz CT molecular complexity index is 890. The molecule has 0 spiro atoms. The molecule has 162 valence electrons. The van der Waals surface area contributed by atoms with E-state index in [1.807, 2.05) is 19.1 Å². The van der Waals surface area contributed by atoms with E-state index in [0.717, 1.165) is 16.8 Å². The Balaban J connectivity index is 1.72.